The van der Waals surface area contributed by atoms with Crippen molar-refractivity contribution in [2.75, 3.05) is 18.0 Å². The van der Waals surface area contributed by atoms with Crippen LogP contribution in [0.3, 0.4) is 0 Å². The Balaban J connectivity index is 2.30. The van der Waals surface area contributed by atoms with Gasteiger partial charge in [0.25, 0.3) is 0 Å². The first kappa shape index (κ1) is 16.2. The van der Waals surface area contributed by atoms with Crippen molar-refractivity contribution < 1.29 is 0 Å². The molecule has 1 fully saturated rings. The number of hydrogen-bond acceptors (Lipinski definition) is 4. The highest BCUT2D eigenvalue weighted by atomic mass is 15.2. The summed E-state index contributed by atoms with van der Waals surface area (Å²) in [6.07, 6.45) is 7.38. The quantitative estimate of drug-likeness (QED) is 0.834. The SMILES string of the molecule is CCNCc1nc(C(C)C)ncc1N(CC)C1CCCC1. The highest BCUT2D eigenvalue weighted by Crippen LogP contribution is 2.30. The van der Waals surface area contributed by atoms with Gasteiger partial charge in [-0.1, -0.05) is 33.6 Å². The molecule has 1 aromatic rings. The molecule has 0 bridgehead atoms. The van der Waals surface area contributed by atoms with Gasteiger partial charge in [-0.2, -0.15) is 0 Å². The summed E-state index contributed by atoms with van der Waals surface area (Å²) >= 11 is 0. The van der Waals surface area contributed by atoms with E-state index in [9.17, 15) is 0 Å². The summed E-state index contributed by atoms with van der Waals surface area (Å²) in [5.41, 5.74) is 2.39. The molecule has 4 heteroatoms. The molecule has 0 unspecified atom stereocenters. The second-order valence-electron chi connectivity index (χ2n) is 6.22. The van der Waals surface area contributed by atoms with Crippen molar-refractivity contribution >= 4 is 5.69 Å². The molecule has 0 radical (unpaired) electrons. The predicted molar refractivity (Wildman–Crippen MR) is 88.8 cm³/mol. The first-order chi connectivity index (χ1) is 10.2. The molecule has 1 aliphatic rings. The lowest BCUT2D eigenvalue weighted by Crippen LogP contribution is -2.35. The van der Waals surface area contributed by atoms with Gasteiger partial charge in [0.2, 0.25) is 0 Å². The van der Waals surface area contributed by atoms with Crippen LogP contribution >= 0.6 is 0 Å². The van der Waals surface area contributed by atoms with E-state index in [2.05, 4.69) is 49.1 Å². The van der Waals surface area contributed by atoms with E-state index in [-0.39, 0.29) is 0 Å². The molecular weight excluding hydrogens is 260 g/mol. The van der Waals surface area contributed by atoms with Crippen molar-refractivity contribution in [1.29, 1.82) is 0 Å². The van der Waals surface area contributed by atoms with Gasteiger partial charge in [-0.05, 0) is 26.3 Å². The summed E-state index contributed by atoms with van der Waals surface area (Å²) in [7, 11) is 0. The molecule has 0 saturated heterocycles. The standard InChI is InChI=1S/C17H30N4/c1-5-18-11-15-16(12-19-17(20-15)13(3)4)21(6-2)14-9-7-8-10-14/h12-14,18H,5-11H2,1-4H3. The van der Waals surface area contributed by atoms with Crippen LogP contribution in [-0.4, -0.2) is 29.1 Å². The molecule has 0 atom stereocenters. The third-order valence-corrected chi connectivity index (χ3v) is 4.34. The molecule has 1 N–H and O–H groups in total. The minimum atomic E-state index is 0.376. The zero-order valence-corrected chi connectivity index (χ0v) is 14.0. The fourth-order valence-corrected chi connectivity index (χ4v) is 3.16. The maximum Gasteiger partial charge on any atom is 0.131 e. The van der Waals surface area contributed by atoms with Gasteiger partial charge in [0.05, 0.1) is 17.6 Å². The maximum atomic E-state index is 4.83. The van der Waals surface area contributed by atoms with Crippen LogP contribution in [0.4, 0.5) is 5.69 Å². The van der Waals surface area contributed by atoms with Gasteiger partial charge in [0.1, 0.15) is 5.82 Å². The van der Waals surface area contributed by atoms with Crippen LogP contribution in [0.15, 0.2) is 6.20 Å². The van der Waals surface area contributed by atoms with Crippen LogP contribution in [0.25, 0.3) is 0 Å². The Kier molecular flexibility index (Phi) is 5.97. The average Bonchev–Trinajstić information content (AvgIpc) is 3.00. The van der Waals surface area contributed by atoms with Gasteiger partial charge in [0.15, 0.2) is 0 Å². The van der Waals surface area contributed by atoms with Crippen LogP contribution < -0.4 is 10.2 Å². The van der Waals surface area contributed by atoms with Gasteiger partial charge in [-0.25, -0.2) is 9.97 Å². The number of hydrogen-bond donors (Lipinski definition) is 1. The Morgan fingerprint density at radius 3 is 2.57 bits per heavy atom. The number of nitrogens with one attached hydrogen (secondary N) is 1. The Hall–Kier alpha value is -1.16. The molecule has 0 aliphatic heterocycles. The van der Waals surface area contributed by atoms with Crippen molar-refractivity contribution in [2.24, 2.45) is 0 Å². The molecule has 2 rings (SSSR count). The van der Waals surface area contributed by atoms with E-state index in [0.717, 1.165) is 31.2 Å². The predicted octanol–water partition coefficient (Wildman–Crippen LogP) is 3.48. The zero-order chi connectivity index (χ0) is 15.2. The van der Waals surface area contributed by atoms with E-state index < -0.39 is 0 Å². The van der Waals surface area contributed by atoms with Crippen molar-refractivity contribution in [1.82, 2.24) is 15.3 Å². The average molecular weight is 290 g/mol. The van der Waals surface area contributed by atoms with Gasteiger partial charge in [-0.3, -0.25) is 0 Å². The van der Waals surface area contributed by atoms with Crippen molar-refractivity contribution in [3.05, 3.63) is 17.7 Å². The minimum absolute atomic E-state index is 0.376. The smallest absolute Gasteiger partial charge is 0.131 e. The van der Waals surface area contributed by atoms with Crippen LogP contribution in [0.5, 0.6) is 0 Å². The van der Waals surface area contributed by atoms with Crippen molar-refractivity contribution in [2.45, 2.75) is 71.9 Å². The van der Waals surface area contributed by atoms with E-state index in [1.54, 1.807) is 0 Å². The summed E-state index contributed by atoms with van der Waals surface area (Å²) < 4.78 is 0. The molecular formula is C17H30N4. The Labute approximate surface area is 129 Å². The molecule has 0 spiro atoms. The fourth-order valence-electron chi connectivity index (χ4n) is 3.16. The lowest BCUT2D eigenvalue weighted by molar-refractivity contribution is 0.605. The van der Waals surface area contributed by atoms with E-state index >= 15 is 0 Å². The number of anilines is 1. The van der Waals surface area contributed by atoms with Crippen LogP contribution in [0.2, 0.25) is 0 Å². The number of nitrogens with zero attached hydrogens (tertiary/aromatic N) is 3. The van der Waals surface area contributed by atoms with Crippen LogP contribution in [-0.2, 0) is 6.54 Å². The lowest BCUT2D eigenvalue weighted by atomic mass is 10.1. The molecule has 0 aromatic carbocycles. The largest absolute Gasteiger partial charge is 0.366 e. The lowest BCUT2D eigenvalue weighted by Gasteiger charge is -2.31. The minimum Gasteiger partial charge on any atom is -0.366 e. The first-order valence-corrected chi connectivity index (χ1v) is 8.50. The molecule has 118 valence electrons. The van der Waals surface area contributed by atoms with Crippen LogP contribution in [0.1, 0.15) is 70.8 Å². The summed E-state index contributed by atoms with van der Waals surface area (Å²) in [6, 6.07) is 0.670. The maximum absolute atomic E-state index is 4.83. The fraction of sp³-hybridized carbons (Fsp3) is 0.765. The molecule has 4 nitrogen and oxygen atoms in total. The monoisotopic (exact) mass is 290 g/mol. The topological polar surface area (TPSA) is 41.1 Å². The van der Waals surface area contributed by atoms with E-state index in [0.29, 0.717) is 12.0 Å². The van der Waals surface area contributed by atoms with Gasteiger partial charge >= 0.3 is 0 Å². The van der Waals surface area contributed by atoms with Gasteiger partial charge in [0, 0.05) is 25.0 Å². The number of rotatable bonds is 7. The van der Waals surface area contributed by atoms with Gasteiger partial charge < -0.3 is 10.2 Å². The number of aromatic nitrogens is 2. The van der Waals surface area contributed by atoms with E-state index in [1.165, 1.54) is 31.4 Å². The Morgan fingerprint density at radius 1 is 1.29 bits per heavy atom. The van der Waals surface area contributed by atoms with Gasteiger partial charge in [-0.15, -0.1) is 0 Å². The van der Waals surface area contributed by atoms with Crippen molar-refractivity contribution in [3.8, 4) is 0 Å². The summed E-state index contributed by atoms with van der Waals surface area (Å²) in [6.45, 7) is 11.5. The van der Waals surface area contributed by atoms with Crippen LogP contribution in [0, 0.1) is 0 Å². The van der Waals surface area contributed by atoms with E-state index in [4.69, 9.17) is 4.98 Å². The summed E-state index contributed by atoms with van der Waals surface area (Å²) in [4.78, 5) is 12.0. The molecule has 0 amide bonds. The second-order valence-corrected chi connectivity index (χ2v) is 6.22. The molecule has 21 heavy (non-hydrogen) atoms. The highest BCUT2D eigenvalue weighted by molar-refractivity contribution is 5.50. The molecule has 1 saturated carbocycles. The molecule has 1 heterocycles. The Morgan fingerprint density at radius 2 is 2.00 bits per heavy atom. The molecule has 1 aliphatic carbocycles. The van der Waals surface area contributed by atoms with E-state index in [1.807, 2.05) is 0 Å². The summed E-state index contributed by atoms with van der Waals surface area (Å²) in [5, 5.41) is 3.42. The zero-order valence-electron chi connectivity index (χ0n) is 14.0. The third-order valence-electron chi connectivity index (χ3n) is 4.34. The van der Waals surface area contributed by atoms with Crippen molar-refractivity contribution in [3.63, 3.8) is 0 Å². The third kappa shape index (κ3) is 3.94. The summed E-state index contributed by atoms with van der Waals surface area (Å²) in [5.74, 6) is 1.33. The highest BCUT2D eigenvalue weighted by Gasteiger charge is 2.24. The first-order valence-electron chi connectivity index (χ1n) is 8.50. The molecule has 1 aromatic heterocycles. The Bertz CT molecular complexity index is 438. The normalized spacial score (nSPS) is 15.9. The second kappa shape index (κ2) is 7.74.